The molecule has 7 heteroatoms. The zero-order chi connectivity index (χ0) is 18.1. The van der Waals surface area contributed by atoms with E-state index in [9.17, 15) is 4.79 Å². The third-order valence-corrected chi connectivity index (χ3v) is 5.56. The molecule has 2 atom stereocenters. The van der Waals surface area contributed by atoms with Crippen molar-refractivity contribution in [1.29, 1.82) is 5.26 Å². The Morgan fingerprint density at radius 2 is 2.31 bits per heavy atom. The SMILES string of the molecule is CN(C=C1CCC2CN(C(=O)CC#N)CC2C1)c1ncnc2[nH]ccc12. The van der Waals surface area contributed by atoms with Gasteiger partial charge in [-0.2, -0.15) is 5.26 Å². The summed E-state index contributed by atoms with van der Waals surface area (Å²) in [6.07, 6.45) is 8.79. The number of amides is 1. The predicted octanol–water partition coefficient (Wildman–Crippen LogP) is 2.45. The van der Waals surface area contributed by atoms with Crippen LogP contribution < -0.4 is 4.90 Å². The fraction of sp³-hybridized carbons (Fsp3) is 0.474. The molecule has 2 unspecified atom stereocenters. The molecule has 3 heterocycles. The molecule has 0 radical (unpaired) electrons. The van der Waals surface area contributed by atoms with Crippen LogP contribution >= 0.6 is 0 Å². The van der Waals surface area contributed by atoms with Gasteiger partial charge in [0, 0.05) is 32.5 Å². The van der Waals surface area contributed by atoms with E-state index in [4.69, 9.17) is 5.26 Å². The van der Waals surface area contributed by atoms with Crippen LogP contribution in [0.2, 0.25) is 0 Å². The molecule has 0 aromatic carbocycles. The fourth-order valence-corrected chi connectivity index (χ4v) is 4.28. The maximum Gasteiger partial charge on any atom is 0.236 e. The lowest BCUT2D eigenvalue weighted by Crippen LogP contribution is -2.28. The highest BCUT2D eigenvalue weighted by Crippen LogP contribution is 2.39. The van der Waals surface area contributed by atoms with Gasteiger partial charge in [-0.3, -0.25) is 4.79 Å². The summed E-state index contributed by atoms with van der Waals surface area (Å²) in [5, 5.41) is 9.75. The summed E-state index contributed by atoms with van der Waals surface area (Å²) in [4.78, 5) is 27.7. The molecule has 26 heavy (non-hydrogen) atoms. The average molecular weight is 350 g/mol. The summed E-state index contributed by atoms with van der Waals surface area (Å²) in [7, 11) is 2.02. The van der Waals surface area contributed by atoms with Crippen molar-refractivity contribution in [3.8, 4) is 6.07 Å². The molecular formula is C19H22N6O. The molecule has 1 aliphatic heterocycles. The summed E-state index contributed by atoms with van der Waals surface area (Å²) < 4.78 is 0. The molecule has 1 aliphatic carbocycles. The van der Waals surface area contributed by atoms with Gasteiger partial charge in [0.2, 0.25) is 5.91 Å². The zero-order valence-corrected chi connectivity index (χ0v) is 14.9. The van der Waals surface area contributed by atoms with Crippen LogP contribution in [0.4, 0.5) is 5.82 Å². The molecule has 0 bridgehead atoms. The average Bonchev–Trinajstić information content (AvgIpc) is 3.27. The van der Waals surface area contributed by atoms with E-state index >= 15 is 0 Å². The van der Waals surface area contributed by atoms with E-state index in [1.807, 2.05) is 30.3 Å². The molecule has 2 fully saturated rings. The lowest BCUT2D eigenvalue weighted by molar-refractivity contribution is -0.129. The number of rotatable bonds is 3. The number of fused-ring (bicyclic) bond motifs is 2. The molecule has 134 valence electrons. The van der Waals surface area contributed by atoms with Crippen molar-refractivity contribution >= 4 is 22.8 Å². The van der Waals surface area contributed by atoms with Crippen molar-refractivity contribution in [3.63, 3.8) is 0 Å². The van der Waals surface area contributed by atoms with Gasteiger partial charge in [-0.1, -0.05) is 5.57 Å². The van der Waals surface area contributed by atoms with Gasteiger partial charge in [-0.05, 0) is 37.2 Å². The highest BCUT2D eigenvalue weighted by Gasteiger charge is 2.37. The largest absolute Gasteiger partial charge is 0.346 e. The van der Waals surface area contributed by atoms with E-state index < -0.39 is 0 Å². The minimum atomic E-state index is -0.0274. The first-order valence-corrected chi connectivity index (χ1v) is 9.01. The lowest BCUT2D eigenvalue weighted by atomic mass is 9.79. The van der Waals surface area contributed by atoms with E-state index in [0.29, 0.717) is 11.8 Å². The standard InChI is InChI=1S/C19H22N6O/c1-24(19-16-5-7-21-18(16)22-12-23-19)9-13-2-3-14-10-25(11-15(14)8-13)17(26)4-6-20/h5,7,9,12,14-15H,2-4,8,10-11H2,1H3,(H,21,22,23). The minimum absolute atomic E-state index is 0.00868. The molecule has 4 rings (SSSR count). The normalized spacial score (nSPS) is 23.8. The van der Waals surface area contributed by atoms with Gasteiger partial charge in [0.15, 0.2) is 0 Å². The second-order valence-electron chi connectivity index (χ2n) is 7.23. The first-order chi connectivity index (χ1) is 12.7. The van der Waals surface area contributed by atoms with Crippen molar-refractivity contribution in [2.75, 3.05) is 25.0 Å². The van der Waals surface area contributed by atoms with Gasteiger partial charge >= 0.3 is 0 Å². The highest BCUT2D eigenvalue weighted by atomic mass is 16.2. The predicted molar refractivity (Wildman–Crippen MR) is 98.0 cm³/mol. The second kappa shape index (κ2) is 6.79. The van der Waals surface area contributed by atoms with Crippen molar-refractivity contribution in [1.82, 2.24) is 19.9 Å². The Kier molecular flexibility index (Phi) is 4.33. The Morgan fingerprint density at radius 1 is 1.46 bits per heavy atom. The van der Waals surface area contributed by atoms with Crippen LogP contribution in [-0.2, 0) is 4.79 Å². The third-order valence-electron chi connectivity index (χ3n) is 5.56. The van der Waals surface area contributed by atoms with E-state index in [-0.39, 0.29) is 12.3 Å². The van der Waals surface area contributed by atoms with E-state index in [0.717, 1.165) is 49.2 Å². The van der Waals surface area contributed by atoms with Crippen LogP contribution in [0.1, 0.15) is 25.7 Å². The number of aromatic nitrogens is 3. The molecule has 2 aromatic rings. The number of aromatic amines is 1. The molecule has 1 N–H and O–H groups in total. The number of anilines is 1. The Hall–Kier alpha value is -2.88. The fourth-order valence-electron chi connectivity index (χ4n) is 4.28. The van der Waals surface area contributed by atoms with Crippen molar-refractivity contribution < 1.29 is 4.79 Å². The zero-order valence-electron chi connectivity index (χ0n) is 14.9. The van der Waals surface area contributed by atoms with Gasteiger partial charge in [0.25, 0.3) is 0 Å². The number of carbonyl (C=O) groups is 1. The van der Waals surface area contributed by atoms with Crippen LogP contribution in [0.5, 0.6) is 0 Å². The molecule has 7 nitrogen and oxygen atoms in total. The van der Waals surface area contributed by atoms with E-state index in [2.05, 4.69) is 26.1 Å². The van der Waals surface area contributed by atoms with Crippen molar-refractivity contribution in [2.24, 2.45) is 11.8 Å². The molecule has 1 saturated heterocycles. The molecule has 2 aliphatic rings. The molecule has 1 amide bonds. The maximum atomic E-state index is 12.0. The Labute approximate surface area is 152 Å². The Morgan fingerprint density at radius 3 is 3.15 bits per heavy atom. The molecule has 2 aromatic heterocycles. The van der Waals surface area contributed by atoms with Crippen LogP contribution in [0, 0.1) is 23.2 Å². The molecule has 0 spiro atoms. The molecular weight excluding hydrogens is 328 g/mol. The first-order valence-electron chi connectivity index (χ1n) is 9.01. The quantitative estimate of drug-likeness (QED) is 0.918. The smallest absolute Gasteiger partial charge is 0.236 e. The van der Waals surface area contributed by atoms with Gasteiger partial charge < -0.3 is 14.8 Å². The number of hydrogen-bond donors (Lipinski definition) is 1. The van der Waals surface area contributed by atoms with Gasteiger partial charge in [-0.15, -0.1) is 0 Å². The van der Waals surface area contributed by atoms with Gasteiger partial charge in [0.1, 0.15) is 24.2 Å². The number of H-pyrrole nitrogens is 1. The van der Waals surface area contributed by atoms with Crippen LogP contribution in [-0.4, -0.2) is 45.9 Å². The number of nitrogens with zero attached hydrogens (tertiary/aromatic N) is 5. The van der Waals surface area contributed by atoms with Gasteiger partial charge in [-0.25, -0.2) is 9.97 Å². The Balaban J connectivity index is 1.47. The number of carbonyl (C=O) groups excluding carboxylic acids is 1. The van der Waals surface area contributed by atoms with Gasteiger partial charge in [0.05, 0.1) is 11.5 Å². The highest BCUT2D eigenvalue weighted by molar-refractivity contribution is 5.87. The van der Waals surface area contributed by atoms with E-state index in [1.54, 1.807) is 6.33 Å². The number of nitrogens with one attached hydrogen (secondary N) is 1. The Bertz CT molecular complexity index is 895. The van der Waals surface area contributed by atoms with Crippen LogP contribution in [0.3, 0.4) is 0 Å². The maximum absolute atomic E-state index is 12.0. The third kappa shape index (κ3) is 3.03. The number of allylic oxidation sites excluding steroid dienone is 1. The topological polar surface area (TPSA) is 88.9 Å². The molecule has 1 saturated carbocycles. The summed E-state index contributed by atoms with van der Waals surface area (Å²) >= 11 is 0. The van der Waals surface area contributed by atoms with Crippen molar-refractivity contribution in [3.05, 3.63) is 30.4 Å². The van der Waals surface area contributed by atoms with Crippen LogP contribution in [0.25, 0.3) is 11.0 Å². The van der Waals surface area contributed by atoms with E-state index in [1.165, 1.54) is 5.57 Å². The summed E-state index contributed by atoms with van der Waals surface area (Å²) in [5.41, 5.74) is 2.23. The second-order valence-corrected chi connectivity index (χ2v) is 7.23. The summed E-state index contributed by atoms with van der Waals surface area (Å²) in [6.45, 7) is 1.59. The summed E-state index contributed by atoms with van der Waals surface area (Å²) in [6, 6.07) is 3.96. The number of nitriles is 1. The summed E-state index contributed by atoms with van der Waals surface area (Å²) in [5.74, 6) is 1.93. The first kappa shape index (κ1) is 16.6. The monoisotopic (exact) mass is 350 g/mol. The minimum Gasteiger partial charge on any atom is -0.346 e. The number of likely N-dealkylation sites (tertiary alicyclic amines) is 1. The van der Waals surface area contributed by atoms with Crippen LogP contribution in [0.15, 0.2) is 30.4 Å². The number of hydrogen-bond acceptors (Lipinski definition) is 5. The van der Waals surface area contributed by atoms with Crippen molar-refractivity contribution in [2.45, 2.75) is 25.7 Å². The lowest BCUT2D eigenvalue weighted by Gasteiger charge is -2.27.